The average molecular weight is 476 g/mol. The van der Waals surface area contributed by atoms with Crippen molar-refractivity contribution in [2.75, 3.05) is 21.7 Å². The van der Waals surface area contributed by atoms with E-state index >= 15 is 0 Å². The molecule has 0 spiro atoms. The number of benzene rings is 1. The zero-order valence-electron chi connectivity index (χ0n) is 16.6. The lowest BCUT2D eigenvalue weighted by Crippen LogP contribution is -2.14. The monoisotopic (exact) mass is 475 g/mol. The Balaban J connectivity index is 1.42. The summed E-state index contributed by atoms with van der Waals surface area (Å²) in [5, 5.41) is 20.6. The number of thioether (sulfide) groups is 1. The maximum absolute atomic E-state index is 12.1. The largest absolute Gasteiger partial charge is 0.433 e. The summed E-state index contributed by atoms with van der Waals surface area (Å²) in [6.07, 6.45) is 0. The Bertz CT molecular complexity index is 1140. The van der Waals surface area contributed by atoms with E-state index in [1.165, 1.54) is 36.1 Å². The standard InChI is InChI=1S/C19H17N5O6S2/c1-11(25)20-12-2-4-13(5-3-12)21-16(26)10-31-8-14-9-32-19(22-14)23-18(27)15-6-7-17(30-15)24(28)29/h2-7,9H,8,10H2,1H3,(H,20,25)(H,21,26)(H,22,23,27). The predicted molar refractivity (Wildman–Crippen MR) is 121 cm³/mol. The Morgan fingerprint density at radius 3 is 2.41 bits per heavy atom. The number of hydrogen-bond donors (Lipinski definition) is 3. The van der Waals surface area contributed by atoms with Gasteiger partial charge in [0.1, 0.15) is 4.92 Å². The van der Waals surface area contributed by atoms with Gasteiger partial charge in [0.15, 0.2) is 10.9 Å². The molecule has 2 aromatic heterocycles. The van der Waals surface area contributed by atoms with Crippen molar-refractivity contribution in [1.29, 1.82) is 0 Å². The molecule has 0 radical (unpaired) electrons. The van der Waals surface area contributed by atoms with Crippen molar-refractivity contribution in [2.24, 2.45) is 0 Å². The number of furan rings is 1. The lowest BCUT2D eigenvalue weighted by atomic mass is 10.3. The molecule has 166 valence electrons. The SMILES string of the molecule is CC(=O)Nc1ccc(NC(=O)CSCc2csc(NC(=O)c3ccc([N+](=O)[O-])o3)n2)cc1. The van der Waals surface area contributed by atoms with Crippen LogP contribution in [0.3, 0.4) is 0 Å². The number of amides is 3. The third kappa shape index (κ3) is 6.65. The number of thiazole rings is 1. The van der Waals surface area contributed by atoms with Crippen molar-refractivity contribution in [1.82, 2.24) is 4.98 Å². The molecular formula is C19H17N5O6S2. The Kier molecular flexibility index (Phi) is 7.57. The Labute approximate surface area is 189 Å². The quantitative estimate of drug-likeness (QED) is 0.312. The number of nitro groups is 1. The van der Waals surface area contributed by atoms with Gasteiger partial charge in [-0.25, -0.2) is 4.98 Å². The number of hydrogen-bond acceptors (Lipinski definition) is 9. The number of carbonyl (C=O) groups excluding carboxylic acids is 3. The van der Waals surface area contributed by atoms with Crippen LogP contribution in [-0.2, 0) is 15.3 Å². The summed E-state index contributed by atoms with van der Waals surface area (Å²) in [6, 6.07) is 9.07. The zero-order valence-corrected chi connectivity index (χ0v) is 18.2. The van der Waals surface area contributed by atoms with E-state index in [0.29, 0.717) is 28.0 Å². The first-order valence-corrected chi connectivity index (χ1v) is 11.1. The molecule has 32 heavy (non-hydrogen) atoms. The van der Waals surface area contributed by atoms with Gasteiger partial charge in [-0.1, -0.05) is 0 Å². The minimum absolute atomic E-state index is 0.173. The molecule has 0 unspecified atom stereocenters. The van der Waals surface area contributed by atoms with Crippen molar-refractivity contribution < 1.29 is 23.7 Å². The van der Waals surface area contributed by atoms with Gasteiger partial charge in [-0.05, 0) is 30.3 Å². The van der Waals surface area contributed by atoms with E-state index in [9.17, 15) is 24.5 Å². The number of aromatic nitrogens is 1. The summed E-state index contributed by atoms with van der Waals surface area (Å²) < 4.78 is 4.85. The molecule has 3 aromatic rings. The van der Waals surface area contributed by atoms with E-state index in [1.54, 1.807) is 29.6 Å². The fourth-order valence-electron chi connectivity index (χ4n) is 2.42. The highest BCUT2D eigenvalue weighted by atomic mass is 32.2. The molecule has 3 amide bonds. The van der Waals surface area contributed by atoms with Crippen molar-refractivity contribution in [3.05, 3.63) is 63.3 Å². The van der Waals surface area contributed by atoms with Crippen LogP contribution in [0.2, 0.25) is 0 Å². The minimum atomic E-state index is -0.730. The Hall–Kier alpha value is -3.71. The van der Waals surface area contributed by atoms with Crippen LogP contribution in [-0.4, -0.2) is 33.4 Å². The Morgan fingerprint density at radius 1 is 1.09 bits per heavy atom. The van der Waals surface area contributed by atoms with E-state index in [4.69, 9.17) is 4.42 Å². The van der Waals surface area contributed by atoms with Gasteiger partial charge in [-0.2, -0.15) is 0 Å². The molecule has 0 atom stereocenters. The van der Waals surface area contributed by atoms with E-state index < -0.39 is 16.7 Å². The second-order valence-electron chi connectivity index (χ2n) is 6.29. The molecule has 0 saturated carbocycles. The van der Waals surface area contributed by atoms with Crippen LogP contribution in [0.25, 0.3) is 0 Å². The lowest BCUT2D eigenvalue weighted by Gasteiger charge is -2.06. The first-order chi connectivity index (χ1) is 15.3. The second kappa shape index (κ2) is 10.5. The van der Waals surface area contributed by atoms with Crippen LogP contribution >= 0.6 is 23.1 Å². The number of nitrogens with one attached hydrogen (secondary N) is 3. The topological polar surface area (TPSA) is 156 Å². The molecule has 0 aliphatic heterocycles. The molecule has 0 fully saturated rings. The molecule has 0 bridgehead atoms. The number of carbonyl (C=O) groups is 3. The maximum Gasteiger partial charge on any atom is 0.433 e. The van der Waals surface area contributed by atoms with Gasteiger partial charge in [0.2, 0.25) is 11.8 Å². The first kappa shape index (κ1) is 23.0. The number of anilines is 3. The highest BCUT2D eigenvalue weighted by molar-refractivity contribution is 7.99. The number of nitrogens with zero attached hydrogens (tertiary/aromatic N) is 2. The highest BCUT2D eigenvalue weighted by Crippen LogP contribution is 2.22. The summed E-state index contributed by atoms with van der Waals surface area (Å²) in [6.45, 7) is 1.42. The summed E-state index contributed by atoms with van der Waals surface area (Å²) >= 11 is 2.54. The maximum atomic E-state index is 12.1. The predicted octanol–water partition coefficient (Wildman–Crippen LogP) is 3.73. The van der Waals surface area contributed by atoms with Crippen LogP contribution in [0.5, 0.6) is 0 Å². The fourth-order valence-corrected chi connectivity index (χ4v) is 3.95. The summed E-state index contributed by atoms with van der Waals surface area (Å²) in [7, 11) is 0. The number of rotatable bonds is 9. The lowest BCUT2D eigenvalue weighted by molar-refractivity contribution is -0.402. The van der Waals surface area contributed by atoms with Gasteiger partial charge in [-0.15, -0.1) is 23.1 Å². The van der Waals surface area contributed by atoms with Crippen LogP contribution in [0, 0.1) is 10.1 Å². The molecule has 3 rings (SSSR count). The van der Waals surface area contributed by atoms with Crippen LogP contribution < -0.4 is 16.0 Å². The molecule has 2 heterocycles. The van der Waals surface area contributed by atoms with Crippen molar-refractivity contribution in [3.63, 3.8) is 0 Å². The van der Waals surface area contributed by atoms with E-state index in [-0.39, 0.29) is 23.3 Å². The normalized spacial score (nSPS) is 10.4. The molecular weight excluding hydrogens is 458 g/mol. The van der Waals surface area contributed by atoms with Crippen LogP contribution in [0.1, 0.15) is 23.2 Å². The third-order valence-corrected chi connectivity index (χ3v) is 5.51. The van der Waals surface area contributed by atoms with Crippen LogP contribution in [0.15, 0.2) is 46.2 Å². The van der Waals surface area contributed by atoms with Gasteiger partial charge in [0, 0.05) is 29.4 Å². The molecule has 0 aliphatic rings. The molecule has 0 saturated heterocycles. The van der Waals surface area contributed by atoms with Crippen molar-refractivity contribution >= 4 is 63.2 Å². The van der Waals surface area contributed by atoms with E-state index in [0.717, 1.165) is 6.07 Å². The third-order valence-electron chi connectivity index (χ3n) is 3.74. The fraction of sp³-hybridized carbons (Fsp3) is 0.158. The van der Waals surface area contributed by atoms with Gasteiger partial charge in [0.05, 0.1) is 17.5 Å². The van der Waals surface area contributed by atoms with Crippen LogP contribution in [0.4, 0.5) is 22.4 Å². The highest BCUT2D eigenvalue weighted by Gasteiger charge is 2.18. The molecule has 0 aliphatic carbocycles. The average Bonchev–Trinajstić information content (AvgIpc) is 3.39. The zero-order chi connectivity index (χ0) is 23.1. The molecule has 13 heteroatoms. The second-order valence-corrected chi connectivity index (χ2v) is 8.14. The van der Waals surface area contributed by atoms with Gasteiger partial charge in [0.25, 0.3) is 5.91 Å². The molecule has 11 nitrogen and oxygen atoms in total. The smallest absolute Gasteiger partial charge is 0.395 e. The summed E-state index contributed by atoms with van der Waals surface area (Å²) in [5.41, 5.74) is 1.93. The van der Waals surface area contributed by atoms with E-state index in [1.807, 2.05) is 0 Å². The van der Waals surface area contributed by atoms with Crippen molar-refractivity contribution in [2.45, 2.75) is 12.7 Å². The molecule has 1 aromatic carbocycles. The first-order valence-electron chi connectivity index (χ1n) is 9.05. The summed E-state index contributed by atoms with van der Waals surface area (Å²) in [4.78, 5) is 49.3. The molecule has 3 N–H and O–H groups in total. The Morgan fingerprint density at radius 2 is 1.78 bits per heavy atom. The van der Waals surface area contributed by atoms with Gasteiger partial charge in [-0.3, -0.25) is 29.8 Å². The van der Waals surface area contributed by atoms with Crippen molar-refractivity contribution in [3.8, 4) is 0 Å². The van der Waals surface area contributed by atoms with Gasteiger partial charge >= 0.3 is 5.88 Å². The minimum Gasteiger partial charge on any atom is -0.395 e. The van der Waals surface area contributed by atoms with Gasteiger partial charge < -0.3 is 15.1 Å². The van der Waals surface area contributed by atoms with E-state index in [2.05, 4.69) is 20.9 Å². The summed E-state index contributed by atoms with van der Waals surface area (Å²) in [5.74, 6) is -1.07.